The molecule has 102 valence electrons. The first-order valence-electron chi connectivity index (χ1n) is 6.17. The molecule has 0 aliphatic rings. The molecule has 5 nitrogen and oxygen atoms in total. The average molecular weight is 287 g/mol. The molecule has 0 aliphatic carbocycles. The molecule has 0 saturated carbocycles. The smallest absolute Gasteiger partial charge is 0.204 e. The van der Waals surface area contributed by atoms with Crippen molar-refractivity contribution in [3.05, 3.63) is 48.5 Å². The number of thiocarbonyl (C=S) groups is 1. The van der Waals surface area contributed by atoms with Gasteiger partial charge in [-0.05, 0) is 18.2 Å². The predicted octanol–water partition coefficient (Wildman–Crippen LogP) is 2.34. The van der Waals surface area contributed by atoms with Crippen molar-refractivity contribution in [3.8, 4) is 5.75 Å². The van der Waals surface area contributed by atoms with Crippen LogP contribution in [0.1, 0.15) is 5.76 Å². The summed E-state index contributed by atoms with van der Waals surface area (Å²) in [6.07, 6.45) is 3.61. The Morgan fingerprint density at radius 3 is 2.95 bits per heavy atom. The van der Waals surface area contributed by atoms with Gasteiger partial charge in [0, 0.05) is 12.4 Å². The third kappa shape index (κ3) is 2.37. The number of hydrogen-bond donors (Lipinski definition) is 1. The van der Waals surface area contributed by atoms with Gasteiger partial charge >= 0.3 is 0 Å². The summed E-state index contributed by atoms with van der Waals surface area (Å²) in [5, 5.41) is 4.99. The van der Waals surface area contributed by atoms with Crippen LogP contribution in [-0.4, -0.2) is 21.4 Å². The van der Waals surface area contributed by atoms with Crippen molar-refractivity contribution in [2.75, 3.05) is 6.61 Å². The van der Waals surface area contributed by atoms with E-state index in [4.69, 9.17) is 27.1 Å². The number of ether oxygens (including phenoxy) is 1. The van der Waals surface area contributed by atoms with E-state index in [0.29, 0.717) is 30.2 Å². The van der Waals surface area contributed by atoms with Crippen molar-refractivity contribution in [2.24, 2.45) is 5.73 Å². The van der Waals surface area contributed by atoms with E-state index in [-0.39, 0.29) is 4.99 Å². The van der Waals surface area contributed by atoms with Crippen LogP contribution in [0, 0.1) is 0 Å². The van der Waals surface area contributed by atoms with E-state index in [1.807, 2.05) is 36.5 Å². The minimum Gasteiger partial charge on any atom is -0.487 e. The third-order valence-electron chi connectivity index (χ3n) is 2.90. The van der Waals surface area contributed by atoms with Crippen molar-refractivity contribution in [2.45, 2.75) is 6.54 Å². The Balaban J connectivity index is 1.85. The zero-order chi connectivity index (χ0) is 13.9. The molecule has 0 saturated heterocycles. The fraction of sp³-hybridized carbons (Fsp3) is 0.143. The van der Waals surface area contributed by atoms with E-state index in [2.05, 4.69) is 5.10 Å². The number of hydrogen-bond acceptors (Lipinski definition) is 4. The molecule has 0 aliphatic heterocycles. The molecule has 6 heteroatoms. The van der Waals surface area contributed by atoms with Gasteiger partial charge in [-0.25, -0.2) is 0 Å². The van der Waals surface area contributed by atoms with Crippen molar-refractivity contribution in [3.63, 3.8) is 0 Å². The summed E-state index contributed by atoms with van der Waals surface area (Å²) < 4.78 is 13.2. The molecule has 1 aromatic carbocycles. The number of aromatic nitrogens is 2. The van der Waals surface area contributed by atoms with Gasteiger partial charge in [-0.1, -0.05) is 24.4 Å². The van der Waals surface area contributed by atoms with Crippen molar-refractivity contribution in [1.82, 2.24) is 9.78 Å². The summed E-state index contributed by atoms with van der Waals surface area (Å²) in [6.45, 7) is 1.10. The highest BCUT2D eigenvalue weighted by Gasteiger charge is 2.17. The summed E-state index contributed by atoms with van der Waals surface area (Å²) in [5.41, 5.74) is 6.40. The number of nitrogens with zero attached hydrogens (tertiary/aromatic N) is 2. The summed E-state index contributed by atoms with van der Waals surface area (Å²) in [4.78, 5) is 0.190. The van der Waals surface area contributed by atoms with E-state index < -0.39 is 0 Å². The minimum atomic E-state index is 0.190. The fourth-order valence-corrected chi connectivity index (χ4v) is 2.14. The largest absolute Gasteiger partial charge is 0.487 e. The SMILES string of the molecule is NC(=S)c1oc2ccccc2c1OCCn1cccn1. The molecule has 20 heavy (non-hydrogen) atoms. The summed E-state index contributed by atoms with van der Waals surface area (Å²) in [7, 11) is 0. The van der Waals surface area contributed by atoms with Gasteiger partial charge in [0.1, 0.15) is 17.2 Å². The summed E-state index contributed by atoms with van der Waals surface area (Å²) >= 11 is 5.01. The van der Waals surface area contributed by atoms with Crippen LogP contribution in [0.2, 0.25) is 0 Å². The molecule has 2 heterocycles. The monoisotopic (exact) mass is 287 g/mol. The lowest BCUT2D eigenvalue weighted by atomic mass is 10.2. The van der Waals surface area contributed by atoms with Crippen molar-refractivity contribution >= 4 is 28.2 Å². The molecule has 0 amide bonds. The Hall–Kier alpha value is -2.34. The normalized spacial score (nSPS) is 10.8. The van der Waals surface area contributed by atoms with E-state index in [0.717, 1.165) is 5.39 Å². The Labute approximate surface area is 120 Å². The summed E-state index contributed by atoms with van der Waals surface area (Å²) in [5.74, 6) is 1.02. The molecule has 0 radical (unpaired) electrons. The maximum Gasteiger partial charge on any atom is 0.204 e. The van der Waals surface area contributed by atoms with E-state index in [1.165, 1.54) is 0 Å². The van der Waals surface area contributed by atoms with Crippen LogP contribution < -0.4 is 10.5 Å². The Morgan fingerprint density at radius 2 is 2.20 bits per heavy atom. The van der Waals surface area contributed by atoms with Gasteiger partial charge in [-0.3, -0.25) is 4.68 Å². The van der Waals surface area contributed by atoms with Gasteiger partial charge in [0.25, 0.3) is 0 Å². The maximum atomic E-state index is 5.80. The highest BCUT2D eigenvalue weighted by molar-refractivity contribution is 7.80. The molecule has 3 rings (SSSR count). The van der Waals surface area contributed by atoms with Crippen LogP contribution in [0.15, 0.2) is 47.1 Å². The highest BCUT2D eigenvalue weighted by atomic mass is 32.1. The van der Waals surface area contributed by atoms with Gasteiger partial charge in [0.05, 0.1) is 11.9 Å². The first kappa shape index (κ1) is 12.7. The van der Waals surface area contributed by atoms with Crippen LogP contribution in [-0.2, 0) is 6.54 Å². The number of nitrogens with two attached hydrogens (primary N) is 1. The molecule has 0 unspecified atom stereocenters. The predicted molar refractivity (Wildman–Crippen MR) is 79.8 cm³/mol. The lowest BCUT2D eigenvalue weighted by molar-refractivity contribution is 0.290. The second kappa shape index (κ2) is 5.34. The fourth-order valence-electron chi connectivity index (χ4n) is 2.00. The topological polar surface area (TPSA) is 66.2 Å². The molecule has 0 fully saturated rings. The highest BCUT2D eigenvalue weighted by Crippen LogP contribution is 2.32. The molecule has 0 spiro atoms. The molecule has 0 atom stereocenters. The number of rotatable bonds is 5. The van der Waals surface area contributed by atoms with Gasteiger partial charge in [-0.15, -0.1) is 0 Å². The van der Waals surface area contributed by atoms with Crippen LogP contribution in [0.25, 0.3) is 11.0 Å². The van der Waals surface area contributed by atoms with Crippen LogP contribution >= 0.6 is 12.2 Å². The number of para-hydroxylation sites is 1. The van der Waals surface area contributed by atoms with Gasteiger partial charge < -0.3 is 14.9 Å². The Bertz CT molecular complexity index is 734. The maximum absolute atomic E-state index is 5.80. The number of fused-ring (bicyclic) bond motifs is 1. The van der Waals surface area contributed by atoms with E-state index in [1.54, 1.807) is 10.9 Å². The van der Waals surface area contributed by atoms with E-state index in [9.17, 15) is 0 Å². The third-order valence-corrected chi connectivity index (χ3v) is 3.09. The van der Waals surface area contributed by atoms with Gasteiger partial charge in [0.15, 0.2) is 5.75 Å². The van der Waals surface area contributed by atoms with Gasteiger partial charge in [-0.2, -0.15) is 5.10 Å². The Morgan fingerprint density at radius 1 is 1.35 bits per heavy atom. The number of benzene rings is 1. The molecule has 3 aromatic rings. The molecule has 2 N–H and O–H groups in total. The van der Waals surface area contributed by atoms with Crippen LogP contribution in [0.3, 0.4) is 0 Å². The second-order valence-corrected chi connectivity index (χ2v) is 4.68. The Kier molecular flexibility index (Phi) is 3.39. The second-order valence-electron chi connectivity index (χ2n) is 4.24. The summed E-state index contributed by atoms with van der Waals surface area (Å²) in [6, 6.07) is 9.46. The first-order valence-corrected chi connectivity index (χ1v) is 6.58. The number of furan rings is 1. The zero-order valence-electron chi connectivity index (χ0n) is 10.7. The minimum absolute atomic E-state index is 0.190. The van der Waals surface area contributed by atoms with Crippen molar-refractivity contribution < 1.29 is 9.15 Å². The molecule has 0 bridgehead atoms. The van der Waals surface area contributed by atoms with E-state index >= 15 is 0 Å². The molecular formula is C14H13N3O2S. The van der Waals surface area contributed by atoms with Gasteiger partial charge in [0.2, 0.25) is 5.76 Å². The molecular weight excluding hydrogens is 274 g/mol. The zero-order valence-corrected chi connectivity index (χ0v) is 11.5. The molecule has 2 aromatic heterocycles. The first-order chi connectivity index (χ1) is 9.75. The van der Waals surface area contributed by atoms with Crippen LogP contribution in [0.5, 0.6) is 5.75 Å². The quantitative estimate of drug-likeness (QED) is 0.730. The average Bonchev–Trinajstić information content (AvgIpc) is 3.07. The standard InChI is InChI=1S/C14H13N3O2S/c15-14(20)13-12(10-4-1-2-5-11(10)19-13)18-9-8-17-7-3-6-16-17/h1-7H,8-9H2,(H2,15,20). The lowest BCUT2D eigenvalue weighted by Crippen LogP contribution is -2.13. The lowest BCUT2D eigenvalue weighted by Gasteiger charge is -2.06. The van der Waals surface area contributed by atoms with Crippen molar-refractivity contribution in [1.29, 1.82) is 0 Å². The van der Waals surface area contributed by atoms with Crippen LogP contribution in [0.4, 0.5) is 0 Å².